The highest BCUT2D eigenvalue weighted by atomic mass is 35.5. The van der Waals surface area contributed by atoms with Crippen molar-refractivity contribution in [3.63, 3.8) is 0 Å². The molecule has 1 amide bonds. The number of carbonyl (C=O) groups excluding carboxylic acids is 1. The first kappa shape index (κ1) is 13.7. The van der Waals surface area contributed by atoms with Gasteiger partial charge < -0.3 is 10.4 Å². The molecule has 0 unspecified atom stereocenters. The lowest BCUT2D eigenvalue weighted by atomic mass is 10.1. The number of phenolic OH excluding ortho intramolecular Hbond substituents is 1. The van der Waals surface area contributed by atoms with Crippen LogP contribution in [0, 0.1) is 0 Å². The van der Waals surface area contributed by atoms with Gasteiger partial charge in [-0.25, -0.2) is 0 Å². The first-order chi connectivity index (χ1) is 9.11. The van der Waals surface area contributed by atoms with Gasteiger partial charge in [0.1, 0.15) is 5.75 Å². The van der Waals surface area contributed by atoms with E-state index in [1.807, 2.05) is 18.2 Å². The average Bonchev–Trinajstić information content (AvgIpc) is 2.42. The number of para-hydroxylation sites is 1. The van der Waals surface area contributed by atoms with Gasteiger partial charge in [0.15, 0.2) is 0 Å². The fourth-order valence-corrected chi connectivity index (χ4v) is 2.01. The molecule has 0 saturated heterocycles. The molecule has 5 heteroatoms. The lowest BCUT2D eigenvalue weighted by molar-refractivity contribution is 0.102. The van der Waals surface area contributed by atoms with E-state index < -0.39 is 0 Å². The van der Waals surface area contributed by atoms with E-state index in [1.54, 1.807) is 6.07 Å². The van der Waals surface area contributed by atoms with Crippen LogP contribution in [0.5, 0.6) is 5.75 Å². The Morgan fingerprint density at radius 3 is 2.63 bits per heavy atom. The molecule has 19 heavy (non-hydrogen) atoms. The van der Waals surface area contributed by atoms with Crippen molar-refractivity contribution in [1.82, 2.24) is 0 Å². The number of nitrogens with one attached hydrogen (secondary N) is 1. The van der Waals surface area contributed by atoms with Crippen molar-refractivity contribution >= 4 is 34.8 Å². The molecule has 2 rings (SSSR count). The Hall–Kier alpha value is -1.71. The van der Waals surface area contributed by atoms with Crippen LogP contribution >= 0.6 is 23.2 Å². The summed E-state index contributed by atoms with van der Waals surface area (Å²) in [6.07, 6.45) is 0. The second-order valence-corrected chi connectivity index (χ2v) is 4.59. The summed E-state index contributed by atoms with van der Waals surface area (Å²) in [5.74, 6) is -0.0499. The highest BCUT2D eigenvalue weighted by Crippen LogP contribution is 2.24. The zero-order valence-electron chi connectivity index (χ0n) is 9.86. The maximum atomic E-state index is 12.1. The SMILES string of the molecule is O=C(Nc1ccccc1CCl)c1ccc(O)c(Cl)c1. The van der Waals surface area contributed by atoms with Gasteiger partial charge in [-0.1, -0.05) is 29.8 Å². The maximum absolute atomic E-state index is 12.1. The number of carbonyl (C=O) groups is 1. The van der Waals surface area contributed by atoms with Crippen molar-refractivity contribution in [3.05, 3.63) is 58.6 Å². The first-order valence-electron chi connectivity index (χ1n) is 5.55. The monoisotopic (exact) mass is 295 g/mol. The molecule has 0 spiro atoms. The number of hydrogen-bond acceptors (Lipinski definition) is 2. The molecule has 0 bridgehead atoms. The third-order valence-corrected chi connectivity index (χ3v) is 3.21. The van der Waals surface area contributed by atoms with E-state index in [2.05, 4.69) is 5.32 Å². The zero-order valence-corrected chi connectivity index (χ0v) is 11.4. The van der Waals surface area contributed by atoms with Crippen molar-refractivity contribution in [3.8, 4) is 5.75 Å². The van der Waals surface area contributed by atoms with Crippen LogP contribution in [0.1, 0.15) is 15.9 Å². The molecule has 0 aromatic heterocycles. The van der Waals surface area contributed by atoms with Crippen molar-refractivity contribution in [2.45, 2.75) is 5.88 Å². The third kappa shape index (κ3) is 3.19. The summed E-state index contributed by atoms with van der Waals surface area (Å²) >= 11 is 11.6. The molecular weight excluding hydrogens is 285 g/mol. The quantitative estimate of drug-likeness (QED) is 0.840. The first-order valence-corrected chi connectivity index (χ1v) is 6.47. The fourth-order valence-electron chi connectivity index (χ4n) is 1.60. The number of hydrogen-bond donors (Lipinski definition) is 2. The molecule has 0 fully saturated rings. The molecule has 98 valence electrons. The van der Waals surface area contributed by atoms with E-state index >= 15 is 0 Å². The van der Waals surface area contributed by atoms with E-state index in [1.165, 1.54) is 18.2 Å². The van der Waals surface area contributed by atoms with E-state index in [9.17, 15) is 9.90 Å². The van der Waals surface area contributed by atoms with Crippen LogP contribution in [0.2, 0.25) is 5.02 Å². The van der Waals surface area contributed by atoms with Crippen LogP contribution in [0.4, 0.5) is 5.69 Å². The Morgan fingerprint density at radius 1 is 1.21 bits per heavy atom. The molecule has 0 aliphatic rings. The predicted octanol–water partition coefficient (Wildman–Crippen LogP) is 4.04. The number of rotatable bonds is 3. The summed E-state index contributed by atoms with van der Waals surface area (Å²) in [5.41, 5.74) is 1.86. The van der Waals surface area contributed by atoms with Gasteiger partial charge >= 0.3 is 0 Å². The van der Waals surface area contributed by atoms with E-state index in [0.717, 1.165) is 5.56 Å². The van der Waals surface area contributed by atoms with E-state index in [4.69, 9.17) is 23.2 Å². The number of halogens is 2. The minimum atomic E-state index is -0.306. The van der Waals surface area contributed by atoms with Crippen LogP contribution in [-0.4, -0.2) is 11.0 Å². The van der Waals surface area contributed by atoms with Gasteiger partial charge in [0, 0.05) is 17.1 Å². The van der Waals surface area contributed by atoms with Gasteiger partial charge in [-0.3, -0.25) is 4.79 Å². The summed E-state index contributed by atoms with van der Waals surface area (Å²) in [6.45, 7) is 0. The second-order valence-electron chi connectivity index (χ2n) is 3.91. The number of amides is 1. The summed E-state index contributed by atoms with van der Waals surface area (Å²) in [5, 5.41) is 12.2. The van der Waals surface area contributed by atoms with Crippen LogP contribution < -0.4 is 5.32 Å². The van der Waals surface area contributed by atoms with E-state index in [0.29, 0.717) is 17.1 Å². The van der Waals surface area contributed by atoms with Crippen LogP contribution in [-0.2, 0) is 5.88 Å². The molecule has 2 N–H and O–H groups in total. The van der Waals surface area contributed by atoms with Crippen molar-refractivity contribution in [1.29, 1.82) is 0 Å². The molecule has 3 nitrogen and oxygen atoms in total. The molecule has 0 aliphatic heterocycles. The van der Waals surface area contributed by atoms with Gasteiger partial charge in [-0.15, -0.1) is 11.6 Å². The molecule has 0 radical (unpaired) electrons. The molecule has 0 aliphatic carbocycles. The molecule has 2 aromatic carbocycles. The Kier molecular flexibility index (Phi) is 4.30. The summed E-state index contributed by atoms with van der Waals surface area (Å²) < 4.78 is 0. The number of anilines is 1. The minimum Gasteiger partial charge on any atom is -0.506 e. The largest absolute Gasteiger partial charge is 0.506 e. The Balaban J connectivity index is 2.23. The van der Waals surface area contributed by atoms with E-state index in [-0.39, 0.29) is 16.7 Å². The minimum absolute atomic E-state index is 0.0561. The smallest absolute Gasteiger partial charge is 0.255 e. The number of phenols is 1. The predicted molar refractivity (Wildman–Crippen MR) is 77.1 cm³/mol. The Labute approximate surface area is 120 Å². The third-order valence-electron chi connectivity index (χ3n) is 2.62. The highest BCUT2D eigenvalue weighted by molar-refractivity contribution is 6.32. The summed E-state index contributed by atoms with van der Waals surface area (Å²) in [7, 11) is 0. The van der Waals surface area contributed by atoms with Crippen molar-refractivity contribution < 1.29 is 9.90 Å². The second kappa shape index (κ2) is 5.95. The van der Waals surface area contributed by atoms with Gasteiger partial charge in [-0.05, 0) is 29.8 Å². The standard InChI is InChI=1S/C14H11Cl2NO2/c15-8-10-3-1-2-4-12(10)17-14(19)9-5-6-13(18)11(16)7-9/h1-7,18H,8H2,(H,17,19). The number of benzene rings is 2. The maximum Gasteiger partial charge on any atom is 0.255 e. The molecule has 0 heterocycles. The van der Waals surface area contributed by atoms with Crippen molar-refractivity contribution in [2.24, 2.45) is 0 Å². The summed E-state index contributed by atoms with van der Waals surface area (Å²) in [4.78, 5) is 12.1. The summed E-state index contributed by atoms with van der Waals surface area (Å²) in [6, 6.07) is 11.6. The number of aromatic hydroxyl groups is 1. The number of alkyl halides is 1. The van der Waals surface area contributed by atoms with Crippen LogP contribution in [0.25, 0.3) is 0 Å². The molecule has 0 saturated carbocycles. The topological polar surface area (TPSA) is 49.3 Å². The molecular formula is C14H11Cl2NO2. The highest BCUT2D eigenvalue weighted by Gasteiger charge is 2.10. The normalized spacial score (nSPS) is 10.2. The lowest BCUT2D eigenvalue weighted by Crippen LogP contribution is -2.12. The molecule has 0 atom stereocenters. The van der Waals surface area contributed by atoms with Gasteiger partial charge in [0.2, 0.25) is 0 Å². The average molecular weight is 296 g/mol. The Bertz CT molecular complexity index is 614. The van der Waals surface area contributed by atoms with Crippen molar-refractivity contribution in [2.75, 3.05) is 5.32 Å². The van der Waals surface area contributed by atoms with Crippen LogP contribution in [0.15, 0.2) is 42.5 Å². The van der Waals surface area contributed by atoms with Gasteiger partial charge in [0.05, 0.1) is 5.02 Å². The van der Waals surface area contributed by atoms with Crippen LogP contribution in [0.3, 0.4) is 0 Å². The lowest BCUT2D eigenvalue weighted by Gasteiger charge is -2.09. The zero-order chi connectivity index (χ0) is 13.8. The van der Waals surface area contributed by atoms with Gasteiger partial charge in [0.25, 0.3) is 5.91 Å². The Morgan fingerprint density at radius 2 is 1.95 bits per heavy atom. The van der Waals surface area contributed by atoms with Gasteiger partial charge in [-0.2, -0.15) is 0 Å². The molecule has 2 aromatic rings. The fraction of sp³-hybridized carbons (Fsp3) is 0.0714.